The SMILES string of the molecule is C/C=c1/nc(-c2cscn2)[nH]/c1=C/C. The molecule has 1 N–H and O–H groups in total. The topological polar surface area (TPSA) is 41.6 Å². The van der Waals surface area contributed by atoms with Gasteiger partial charge in [-0.15, -0.1) is 11.3 Å². The van der Waals surface area contributed by atoms with E-state index in [0.717, 1.165) is 22.2 Å². The van der Waals surface area contributed by atoms with E-state index in [0.29, 0.717) is 0 Å². The third-order valence-electron chi connectivity index (χ3n) is 2.00. The number of rotatable bonds is 1. The zero-order chi connectivity index (χ0) is 9.97. The van der Waals surface area contributed by atoms with Crippen molar-refractivity contribution in [3.63, 3.8) is 0 Å². The van der Waals surface area contributed by atoms with Gasteiger partial charge in [0.05, 0.1) is 16.2 Å². The van der Waals surface area contributed by atoms with Gasteiger partial charge in [-0.25, -0.2) is 9.97 Å². The Bertz CT molecular complexity index is 491. The molecule has 3 nitrogen and oxygen atoms in total. The third-order valence-corrected chi connectivity index (χ3v) is 2.58. The van der Waals surface area contributed by atoms with Crippen LogP contribution in [-0.2, 0) is 0 Å². The normalized spacial score (nSPS) is 13.9. The zero-order valence-corrected chi connectivity index (χ0v) is 8.93. The number of hydrogen-bond acceptors (Lipinski definition) is 3. The van der Waals surface area contributed by atoms with E-state index in [2.05, 4.69) is 15.0 Å². The lowest BCUT2D eigenvalue weighted by molar-refractivity contribution is 1.24. The molecule has 2 aromatic heterocycles. The van der Waals surface area contributed by atoms with Crippen molar-refractivity contribution in [1.29, 1.82) is 0 Å². The summed E-state index contributed by atoms with van der Waals surface area (Å²) in [5.74, 6) is 0.840. The maximum atomic E-state index is 4.44. The molecule has 2 aromatic rings. The van der Waals surface area contributed by atoms with Crippen molar-refractivity contribution in [2.75, 3.05) is 0 Å². The molecule has 0 saturated carbocycles. The Labute approximate surface area is 85.9 Å². The minimum atomic E-state index is 0.840. The molecule has 0 amide bonds. The van der Waals surface area contributed by atoms with Gasteiger partial charge in [0.25, 0.3) is 0 Å². The number of hydrogen-bond donors (Lipinski definition) is 1. The molecular formula is C10H11N3S. The summed E-state index contributed by atoms with van der Waals surface area (Å²) in [5, 5.41) is 4.02. The van der Waals surface area contributed by atoms with E-state index in [9.17, 15) is 0 Å². The Morgan fingerprint density at radius 1 is 1.36 bits per heavy atom. The Balaban J connectivity index is 2.64. The number of thiazole rings is 1. The van der Waals surface area contributed by atoms with Crippen LogP contribution in [0, 0.1) is 0 Å². The van der Waals surface area contributed by atoms with Crippen molar-refractivity contribution in [3.05, 3.63) is 21.6 Å². The highest BCUT2D eigenvalue weighted by molar-refractivity contribution is 7.07. The summed E-state index contributed by atoms with van der Waals surface area (Å²) in [7, 11) is 0. The fourth-order valence-corrected chi connectivity index (χ4v) is 1.83. The summed E-state index contributed by atoms with van der Waals surface area (Å²) in [5.41, 5.74) is 2.72. The van der Waals surface area contributed by atoms with Crippen molar-refractivity contribution in [2.45, 2.75) is 13.8 Å². The average molecular weight is 205 g/mol. The molecule has 0 spiro atoms. The molecule has 0 fully saturated rings. The highest BCUT2D eigenvalue weighted by Crippen LogP contribution is 2.11. The van der Waals surface area contributed by atoms with Crippen LogP contribution in [-0.4, -0.2) is 15.0 Å². The minimum absolute atomic E-state index is 0.840. The van der Waals surface area contributed by atoms with Gasteiger partial charge < -0.3 is 4.98 Å². The summed E-state index contributed by atoms with van der Waals surface area (Å²) < 4.78 is 0. The molecule has 14 heavy (non-hydrogen) atoms. The Morgan fingerprint density at radius 2 is 2.21 bits per heavy atom. The smallest absolute Gasteiger partial charge is 0.158 e. The lowest BCUT2D eigenvalue weighted by Crippen LogP contribution is -2.23. The molecule has 0 aromatic carbocycles. The Morgan fingerprint density at radius 3 is 2.71 bits per heavy atom. The first kappa shape index (κ1) is 9.15. The lowest BCUT2D eigenvalue weighted by atomic mass is 10.5. The highest BCUT2D eigenvalue weighted by Gasteiger charge is 2.02. The Hall–Kier alpha value is -1.42. The van der Waals surface area contributed by atoms with Crippen LogP contribution in [0.1, 0.15) is 13.8 Å². The first-order chi connectivity index (χ1) is 6.85. The number of nitrogens with one attached hydrogen (secondary N) is 1. The second kappa shape index (κ2) is 3.75. The van der Waals surface area contributed by atoms with Gasteiger partial charge in [0.15, 0.2) is 5.82 Å². The maximum Gasteiger partial charge on any atom is 0.158 e. The second-order valence-electron chi connectivity index (χ2n) is 2.84. The van der Waals surface area contributed by atoms with Crippen LogP contribution < -0.4 is 10.7 Å². The fraction of sp³-hybridized carbons (Fsp3) is 0.200. The van der Waals surface area contributed by atoms with E-state index >= 15 is 0 Å². The van der Waals surface area contributed by atoms with Gasteiger partial charge in [0.1, 0.15) is 5.69 Å². The molecule has 0 radical (unpaired) electrons. The van der Waals surface area contributed by atoms with E-state index < -0.39 is 0 Å². The van der Waals surface area contributed by atoms with E-state index in [-0.39, 0.29) is 0 Å². The van der Waals surface area contributed by atoms with Crippen LogP contribution in [0.3, 0.4) is 0 Å². The van der Waals surface area contributed by atoms with Gasteiger partial charge in [-0.1, -0.05) is 12.2 Å². The quantitative estimate of drug-likeness (QED) is 0.758. The molecule has 0 saturated heterocycles. The van der Waals surface area contributed by atoms with Crippen LogP contribution in [0.25, 0.3) is 23.7 Å². The molecule has 0 aliphatic rings. The molecule has 2 heterocycles. The van der Waals surface area contributed by atoms with Gasteiger partial charge in [-0.3, -0.25) is 0 Å². The summed E-state index contributed by atoms with van der Waals surface area (Å²) in [4.78, 5) is 11.9. The fourth-order valence-electron chi connectivity index (χ4n) is 1.29. The van der Waals surface area contributed by atoms with Gasteiger partial charge in [0.2, 0.25) is 0 Å². The number of nitrogens with zero attached hydrogens (tertiary/aromatic N) is 2. The molecule has 0 atom stereocenters. The van der Waals surface area contributed by atoms with Gasteiger partial charge in [-0.2, -0.15) is 0 Å². The monoisotopic (exact) mass is 205 g/mol. The zero-order valence-electron chi connectivity index (χ0n) is 8.11. The van der Waals surface area contributed by atoms with Crippen molar-refractivity contribution in [2.24, 2.45) is 0 Å². The molecule has 0 unspecified atom stereocenters. The predicted molar refractivity (Wildman–Crippen MR) is 59.2 cm³/mol. The Kier molecular flexibility index (Phi) is 2.45. The second-order valence-corrected chi connectivity index (χ2v) is 3.55. The minimum Gasteiger partial charge on any atom is -0.337 e. The number of imidazole rings is 1. The van der Waals surface area contributed by atoms with Crippen LogP contribution in [0.15, 0.2) is 10.9 Å². The number of H-pyrrole nitrogens is 1. The van der Waals surface area contributed by atoms with Crippen molar-refractivity contribution in [1.82, 2.24) is 15.0 Å². The summed E-state index contributed by atoms with van der Waals surface area (Å²) >= 11 is 1.57. The maximum absolute atomic E-state index is 4.44. The van der Waals surface area contributed by atoms with Crippen LogP contribution in [0.2, 0.25) is 0 Å². The van der Waals surface area contributed by atoms with Crippen LogP contribution >= 0.6 is 11.3 Å². The number of aromatic nitrogens is 3. The highest BCUT2D eigenvalue weighted by atomic mass is 32.1. The average Bonchev–Trinajstić information content (AvgIpc) is 2.85. The standard InChI is InChI=1S/C10H11N3S/c1-3-7-8(4-2)13-10(12-7)9-5-14-6-11-9/h3-6H,1-2H3,(H,12,13)/b7-3+,8-4+. The first-order valence-corrected chi connectivity index (χ1v) is 5.36. The van der Waals surface area contributed by atoms with Gasteiger partial charge >= 0.3 is 0 Å². The summed E-state index contributed by atoms with van der Waals surface area (Å²) in [6.07, 6.45) is 4.00. The van der Waals surface area contributed by atoms with Gasteiger partial charge in [0, 0.05) is 5.38 Å². The van der Waals surface area contributed by atoms with E-state index in [4.69, 9.17) is 0 Å². The predicted octanol–water partition coefficient (Wildman–Crippen LogP) is 1.13. The van der Waals surface area contributed by atoms with E-state index in [1.54, 1.807) is 11.3 Å². The molecule has 4 heteroatoms. The molecule has 0 bridgehead atoms. The van der Waals surface area contributed by atoms with Crippen molar-refractivity contribution in [3.8, 4) is 11.5 Å². The number of aromatic amines is 1. The van der Waals surface area contributed by atoms with Crippen molar-refractivity contribution >= 4 is 23.5 Å². The summed E-state index contributed by atoms with van der Waals surface area (Å²) in [6, 6.07) is 0. The van der Waals surface area contributed by atoms with Crippen LogP contribution in [0.4, 0.5) is 0 Å². The molecule has 0 aliphatic heterocycles. The van der Waals surface area contributed by atoms with Gasteiger partial charge in [-0.05, 0) is 13.8 Å². The largest absolute Gasteiger partial charge is 0.337 e. The molecule has 0 aliphatic carbocycles. The first-order valence-electron chi connectivity index (χ1n) is 4.42. The third kappa shape index (κ3) is 1.48. The molecule has 72 valence electrons. The van der Waals surface area contributed by atoms with E-state index in [1.165, 1.54) is 0 Å². The van der Waals surface area contributed by atoms with E-state index in [1.807, 2.05) is 36.9 Å². The van der Waals surface area contributed by atoms with Crippen LogP contribution in [0.5, 0.6) is 0 Å². The summed E-state index contributed by atoms with van der Waals surface area (Å²) in [6.45, 7) is 3.97. The molecule has 2 rings (SSSR count). The lowest BCUT2D eigenvalue weighted by Gasteiger charge is -1.84. The van der Waals surface area contributed by atoms with Crippen molar-refractivity contribution < 1.29 is 0 Å². The molecular weight excluding hydrogens is 194 g/mol.